The Morgan fingerprint density at radius 2 is 1.90 bits per heavy atom. The summed E-state index contributed by atoms with van der Waals surface area (Å²) >= 11 is 5.84. The molecule has 0 aliphatic rings. The molecule has 1 N–H and O–H groups in total. The van der Waals surface area contributed by atoms with Crippen LogP contribution in [0.25, 0.3) is 17.1 Å². The maximum Gasteiger partial charge on any atom is 0.416 e. The van der Waals surface area contributed by atoms with Gasteiger partial charge in [-0.1, -0.05) is 11.6 Å². The van der Waals surface area contributed by atoms with Crippen molar-refractivity contribution in [1.29, 1.82) is 0 Å². The Labute approximate surface area is 177 Å². The molecule has 0 atom stereocenters. The van der Waals surface area contributed by atoms with Gasteiger partial charge in [-0.25, -0.2) is 9.67 Å². The summed E-state index contributed by atoms with van der Waals surface area (Å²) in [4.78, 5) is 17.3. The minimum Gasteiger partial charge on any atom is -0.323 e. The number of hydrogen-bond acceptors (Lipinski definition) is 6. The molecule has 0 fully saturated rings. The fourth-order valence-electron chi connectivity index (χ4n) is 2.69. The van der Waals surface area contributed by atoms with Gasteiger partial charge >= 0.3 is 6.18 Å². The second-order valence-corrected chi connectivity index (χ2v) is 6.70. The van der Waals surface area contributed by atoms with Gasteiger partial charge in [0.25, 0.3) is 0 Å². The number of carbonyl (C=O) groups is 1. The predicted octanol–water partition coefficient (Wildman–Crippen LogP) is 3.23. The summed E-state index contributed by atoms with van der Waals surface area (Å²) in [5.74, 6) is -0.382. The van der Waals surface area contributed by atoms with Crippen molar-refractivity contribution in [2.24, 2.45) is 0 Å². The molecular formula is C18H12ClF3N8O. The molecule has 0 bridgehead atoms. The molecule has 4 aromatic rings. The van der Waals surface area contributed by atoms with Crippen LogP contribution < -0.4 is 5.32 Å². The molecule has 158 valence electrons. The van der Waals surface area contributed by atoms with Crippen LogP contribution in [0.3, 0.4) is 0 Å². The average Bonchev–Trinajstić information content (AvgIpc) is 3.40. The highest BCUT2D eigenvalue weighted by Crippen LogP contribution is 2.33. The second kappa shape index (κ2) is 8.14. The van der Waals surface area contributed by atoms with Crippen molar-refractivity contribution in [3.8, 4) is 17.1 Å². The predicted molar refractivity (Wildman–Crippen MR) is 103 cm³/mol. The van der Waals surface area contributed by atoms with Crippen molar-refractivity contribution < 1.29 is 18.0 Å². The van der Waals surface area contributed by atoms with Gasteiger partial charge in [-0.3, -0.25) is 4.79 Å². The number of rotatable bonds is 5. The topological polar surface area (TPSA) is 103 Å². The van der Waals surface area contributed by atoms with E-state index in [4.69, 9.17) is 11.6 Å². The summed E-state index contributed by atoms with van der Waals surface area (Å²) in [6.45, 7) is -0.367. The first-order chi connectivity index (χ1) is 14.8. The molecule has 2 aromatic heterocycles. The number of hydrogen-bond donors (Lipinski definition) is 1. The molecule has 2 aromatic carbocycles. The van der Waals surface area contributed by atoms with Gasteiger partial charge in [0.15, 0.2) is 0 Å². The number of halogens is 4. The maximum absolute atomic E-state index is 13.1. The van der Waals surface area contributed by atoms with E-state index in [0.29, 0.717) is 10.6 Å². The van der Waals surface area contributed by atoms with Crippen molar-refractivity contribution in [3.63, 3.8) is 0 Å². The van der Waals surface area contributed by atoms with Crippen LogP contribution in [0, 0.1) is 0 Å². The van der Waals surface area contributed by atoms with Crippen LogP contribution >= 0.6 is 11.6 Å². The first-order valence-electron chi connectivity index (χ1n) is 8.69. The van der Waals surface area contributed by atoms with E-state index < -0.39 is 17.6 Å². The molecule has 0 unspecified atom stereocenters. The van der Waals surface area contributed by atoms with E-state index in [0.717, 1.165) is 16.9 Å². The Morgan fingerprint density at radius 1 is 1.13 bits per heavy atom. The van der Waals surface area contributed by atoms with E-state index in [1.807, 2.05) is 0 Å². The molecule has 0 spiro atoms. The standard InChI is InChI=1S/C18H12ClF3N8O/c19-13-4-1-11(2-5-13)17-26-28-30(27-17)8-16(31)25-14-7-12(18(20,21)22)3-6-15(14)29-10-23-9-24-29/h1-7,9-10H,8H2,(H,25,31). The summed E-state index contributed by atoms with van der Waals surface area (Å²) in [6.07, 6.45) is -2.06. The number of alkyl halides is 3. The van der Waals surface area contributed by atoms with Gasteiger partial charge in [-0.05, 0) is 47.7 Å². The van der Waals surface area contributed by atoms with Crippen molar-refractivity contribution in [2.45, 2.75) is 12.7 Å². The lowest BCUT2D eigenvalue weighted by atomic mass is 10.1. The largest absolute Gasteiger partial charge is 0.416 e. The zero-order valence-electron chi connectivity index (χ0n) is 15.5. The van der Waals surface area contributed by atoms with E-state index in [1.54, 1.807) is 24.3 Å². The third-order valence-electron chi connectivity index (χ3n) is 4.10. The summed E-state index contributed by atoms with van der Waals surface area (Å²) in [6, 6.07) is 9.60. The lowest BCUT2D eigenvalue weighted by Crippen LogP contribution is -2.22. The third kappa shape index (κ3) is 4.69. The molecule has 1 amide bonds. The fraction of sp³-hybridized carbons (Fsp3) is 0.111. The number of aromatic nitrogens is 7. The summed E-state index contributed by atoms with van der Waals surface area (Å²) in [5, 5.41) is 18.7. The zero-order valence-corrected chi connectivity index (χ0v) is 16.2. The second-order valence-electron chi connectivity index (χ2n) is 6.27. The molecular weight excluding hydrogens is 437 g/mol. The minimum absolute atomic E-state index is 0.0941. The van der Waals surface area contributed by atoms with E-state index in [2.05, 4.69) is 30.8 Å². The Bertz CT molecular complexity index is 1210. The number of anilines is 1. The fourth-order valence-corrected chi connectivity index (χ4v) is 2.81. The average molecular weight is 449 g/mol. The van der Waals surface area contributed by atoms with Crippen molar-refractivity contribution in [1.82, 2.24) is 35.0 Å². The number of tetrazole rings is 1. The normalized spacial score (nSPS) is 11.5. The Kier molecular flexibility index (Phi) is 5.38. The Morgan fingerprint density at radius 3 is 2.58 bits per heavy atom. The van der Waals surface area contributed by atoms with Crippen LogP contribution in [0.4, 0.5) is 18.9 Å². The maximum atomic E-state index is 13.1. The molecule has 31 heavy (non-hydrogen) atoms. The Balaban J connectivity index is 1.55. The van der Waals surface area contributed by atoms with Gasteiger partial charge in [0.2, 0.25) is 11.7 Å². The van der Waals surface area contributed by atoms with Gasteiger partial charge in [0.1, 0.15) is 19.2 Å². The monoisotopic (exact) mass is 448 g/mol. The van der Waals surface area contributed by atoms with Crippen LogP contribution in [-0.4, -0.2) is 40.9 Å². The summed E-state index contributed by atoms with van der Waals surface area (Å²) in [7, 11) is 0. The number of benzene rings is 2. The Hall–Kier alpha value is -3.80. The van der Waals surface area contributed by atoms with Crippen LogP contribution in [0.15, 0.2) is 55.1 Å². The number of carbonyl (C=O) groups excluding carboxylic acids is 1. The lowest BCUT2D eigenvalue weighted by Gasteiger charge is -2.14. The zero-order chi connectivity index (χ0) is 22.0. The molecule has 0 aliphatic carbocycles. The van der Waals surface area contributed by atoms with Gasteiger partial charge < -0.3 is 5.32 Å². The van der Waals surface area contributed by atoms with Crippen molar-refractivity contribution >= 4 is 23.2 Å². The molecule has 0 aliphatic heterocycles. The first kappa shape index (κ1) is 20.5. The quantitative estimate of drug-likeness (QED) is 0.502. The highest BCUT2D eigenvalue weighted by atomic mass is 35.5. The molecule has 9 nitrogen and oxygen atoms in total. The van der Waals surface area contributed by atoms with Crippen molar-refractivity contribution in [2.75, 3.05) is 5.32 Å². The van der Waals surface area contributed by atoms with Gasteiger partial charge in [0, 0.05) is 10.6 Å². The van der Waals surface area contributed by atoms with E-state index in [9.17, 15) is 18.0 Å². The molecule has 0 saturated carbocycles. The van der Waals surface area contributed by atoms with Crippen LogP contribution in [0.2, 0.25) is 5.02 Å². The first-order valence-corrected chi connectivity index (χ1v) is 9.07. The van der Waals surface area contributed by atoms with E-state index >= 15 is 0 Å². The minimum atomic E-state index is -4.58. The number of nitrogens with one attached hydrogen (secondary N) is 1. The lowest BCUT2D eigenvalue weighted by molar-refractivity contribution is -0.137. The SMILES string of the molecule is O=C(Cn1nnc(-c2ccc(Cl)cc2)n1)Nc1cc(C(F)(F)F)ccc1-n1cncn1. The number of nitrogens with zero attached hydrogens (tertiary/aromatic N) is 7. The molecule has 0 saturated heterocycles. The number of amides is 1. The van der Waals surface area contributed by atoms with Gasteiger partial charge in [-0.2, -0.15) is 23.1 Å². The van der Waals surface area contributed by atoms with Crippen LogP contribution in [0.1, 0.15) is 5.56 Å². The molecule has 4 rings (SSSR count). The van der Waals surface area contributed by atoms with Gasteiger partial charge in [0.05, 0.1) is 16.9 Å². The molecule has 13 heteroatoms. The van der Waals surface area contributed by atoms with Crippen LogP contribution in [-0.2, 0) is 17.5 Å². The third-order valence-corrected chi connectivity index (χ3v) is 4.36. The summed E-state index contributed by atoms with van der Waals surface area (Å²) < 4.78 is 40.6. The van der Waals surface area contributed by atoms with E-state index in [1.165, 1.54) is 23.4 Å². The van der Waals surface area contributed by atoms with Crippen molar-refractivity contribution in [3.05, 3.63) is 65.7 Å². The smallest absolute Gasteiger partial charge is 0.323 e. The molecule has 2 heterocycles. The molecule has 0 radical (unpaired) electrons. The highest BCUT2D eigenvalue weighted by Gasteiger charge is 2.31. The highest BCUT2D eigenvalue weighted by molar-refractivity contribution is 6.30. The van der Waals surface area contributed by atoms with Gasteiger partial charge in [-0.15, -0.1) is 10.2 Å². The summed E-state index contributed by atoms with van der Waals surface area (Å²) in [5.41, 5.74) is -0.159. The van der Waals surface area contributed by atoms with E-state index in [-0.39, 0.29) is 23.7 Å². The van der Waals surface area contributed by atoms with Crippen LogP contribution in [0.5, 0.6) is 0 Å².